The van der Waals surface area contributed by atoms with Crippen molar-refractivity contribution in [1.29, 1.82) is 0 Å². The van der Waals surface area contributed by atoms with Crippen molar-refractivity contribution in [2.24, 2.45) is 0 Å². The standard InChI is InChI=1S/C30H31N5O4S2/c1-22(23-8-3-2-4-9-23)35-29(25-11-7-12-26(20-25)41(37,38)33-16-18-39-19-17-33)31-32-30(35)40-21-28(36)34-15-14-24-10-5-6-13-27(24)34/h2-13,20,22H,14-19,21H2,1H3/t22-/m1/s1. The van der Waals surface area contributed by atoms with Gasteiger partial charge < -0.3 is 9.64 Å². The van der Waals surface area contributed by atoms with Gasteiger partial charge in [0, 0.05) is 30.9 Å². The molecule has 6 rings (SSSR count). The number of fused-ring (bicyclic) bond motifs is 1. The lowest BCUT2D eigenvalue weighted by Gasteiger charge is -2.26. The molecule has 0 aliphatic carbocycles. The van der Waals surface area contributed by atoms with Crippen LogP contribution in [0.2, 0.25) is 0 Å². The van der Waals surface area contributed by atoms with Gasteiger partial charge in [-0.2, -0.15) is 4.31 Å². The summed E-state index contributed by atoms with van der Waals surface area (Å²) in [5.74, 6) is 0.767. The van der Waals surface area contributed by atoms with Crippen LogP contribution in [-0.4, -0.2) is 72.0 Å². The number of benzene rings is 3. The lowest BCUT2D eigenvalue weighted by Crippen LogP contribution is -2.40. The van der Waals surface area contributed by atoms with Crippen LogP contribution in [-0.2, 0) is 26.0 Å². The van der Waals surface area contributed by atoms with Gasteiger partial charge in [0.05, 0.1) is 29.9 Å². The first-order chi connectivity index (χ1) is 19.9. The van der Waals surface area contributed by atoms with Crippen molar-refractivity contribution in [3.05, 3.63) is 90.0 Å². The molecule has 2 aliphatic rings. The summed E-state index contributed by atoms with van der Waals surface area (Å²) in [5.41, 5.74) is 3.84. The Kier molecular flexibility index (Phi) is 7.94. The van der Waals surface area contributed by atoms with E-state index in [1.165, 1.54) is 21.6 Å². The predicted octanol–water partition coefficient (Wildman–Crippen LogP) is 4.26. The number of ether oxygens (including phenoxy) is 1. The maximum atomic E-state index is 13.4. The van der Waals surface area contributed by atoms with Gasteiger partial charge in [-0.1, -0.05) is 72.4 Å². The third kappa shape index (κ3) is 5.54. The number of carbonyl (C=O) groups excluding carboxylic acids is 1. The predicted molar refractivity (Wildman–Crippen MR) is 159 cm³/mol. The van der Waals surface area contributed by atoms with Crippen LogP contribution in [0.4, 0.5) is 5.69 Å². The van der Waals surface area contributed by atoms with Crippen molar-refractivity contribution in [2.75, 3.05) is 43.5 Å². The van der Waals surface area contributed by atoms with E-state index >= 15 is 0 Å². The smallest absolute Gasteiger partial charge is 0.243 e. The number of hydrogen-bond acceptors (Lipinski definition) is 7. The first-order valence-electron chi connectivity index (χ1n) is 13.6. The first kappa shape index (κ1) is 27.6. The SMILES string of the molecule is C[C@H](c1ccccc1)n1c(SCC(=O)N2CCc3ccccc32)nnc1-c1cccc(S(=O)(=O)N2CCOCC2)c1. The molecular weight excluding hydrogens is 558 g/mol. The fraction of sp³-hybridized carbons (Fsp3) is 0.300. The topological polar surface area (TPSA) is 97.6 Å². The second kappa shape index (κ2) is 11.8. The minimum atomic E-state index is -3.69. The Morgan fingerprint density at radius 2 is 1.71 bits per heavy atom. The highest BCUT2D eigenvalue weighted by Crippen LogP contribution is 2.34. The molecule has 0 saturated carbocycles. The van der Waals surface area contributed by atoms with Gasteiger partial charge in [0.25, 0.3) is 0 Å². The molecule has 3 heterocycles. The van der Waals surface area contributed by atoms with Gasteiger partial charge in [0.15, 0.2) is 11.0 Å². The van der Waals surface area contributed by atoms with E-state index in [9.17, 15) is 13.2 Å². The fourth-order valence-corrected chi connectivity index (χ4v) is 7.68. The van der Waals surface area contributed by atoms with E-state index in [4.69, 9.17) is 4.74 Å². The molecule has 1 fully saturated rings. The number of nitrogens with zero attached hydrogens (tertiary/aromatic N) is 5. The summed E-state index contributed by atoms with van der Waals surface area (Å²) in [6, 6.07) is 24.7. The number of thioether (sulfide) groups is 1. The Morgan fingerprint density at radius 1 is 0.951 bits per heavy atom. The summed E-state index contributed by atoms with van der Waals surface area (Å²) in [6.07, 6.45) is 0.849. The largest absolute Gasteiger partial charge is 0.379 e. The van der Waals surface area contributed by atoms with Crippen molar-refractivity contribution < 1.29 is 17.9 Å². The summed E-state index contributed by atoms with van der Waals surface area (Å²) in [7, 11) is -3.69. The van der Waals surface area contributed by atoms with Crippen LogP contribution in [0.3, 0.4) is 0 Å². The van der Waals surface area contributed by atoms with Crippen LogP contribution < -0.4 is 4.90 Å². The fourth-order valence-electron chi connectivity index (χ4n) is 5.34. The molecule has 3 aromatic carbocycles. The zero-order valence-corrected chi connectivity index (χ0v) is 24.4. The molecule has 2 aliphatic heterocycles. The molecule has 1 atom stereocenters. The van der Waals surface area contributed by atoms with Gasteiger partial charge in [-0.05, 0) is 42.7 Å². The van der Waals surface area contributed by atoms with Gasteiger partial charge in [0.1, 0.15) is 0 Å². The summed E-state index contributed by atoms with van der Waals surface area (Å²) in [6.45, 7) is 4.13. The summed E-state index contributed by atoms with van der Waals surface area (Å²) in [5, 5.41) is 9.61. The molecule has 212 valence electrons. The molecule has 11 heteroatoms. The highest BCUT2D eigenvalue weighted by atomic mass is 32.2. The van der Waals surface area contributed by atoms with Crippen molar-refractivity contribution in [1.82, 2.24) is 19.1 Å². The number of amides is 1. The van der Waals surface area contributed by atoms with E-state index in [0.717, 1.165) is 17.7 Å². The van der Waals surface area contributed by atoms with Gasteiger partial charge in [-0.3, -0.25) is 9.36 Å². The minimum absolute atomic E-state index is 0.0158. The number of carbonyl (C=O) groups is 1. The van der Waals surface area contributed by atoms with Crippen LogP contribution in [0, 0.1) is 0 Å². The summed E-state index contributed by atoms with van der Waals surface area (Å²) >= 11 is 1.35. The molecule has 1 amide bonds. The van der Waals surface area contributed by atoms with E-state index in [0.29, 0.717) is 49.4 Å². The van der Waals surface area contributed by atoms with E-state index < -0.39 is 10.0 Å². The van der Waals surface area contributed by atoms with Crippen molar-refractivity contribution in [3.63, 3.8) is 0 Å². The van der Waals surface area contributed by atoms with Crippen LogP contribution in [0.5, 0.6) is 0 Å². The molecule has 0 bridgehead atoms. The lowest BCUT2D eigenvalue weighted by atomic mass is 10.1. The van der Waals surface area contributed by atoms with E-state index in [-0.39, 0.29) is 22.6 Å². The molecule has 0 spiro atoms. The second-order valence-electron chi connectivity index (χ2n) is 10.0. The average molecular weight is 590 g/mol. The third-order valence-electron chi connectivity index (χ3n) is 7.55. The molecule has 0 unspecified atom stereocenters. The normalized spacial score (nSPS) is 16.5. The molecule has 0 radical (unpaired) electrons. The Bertz CT molecular complexity index is 1650. The van der Waals surface area contributed by atoms with Crippen LogP contribution in [0.1, 0.15) is 24.1 Å². The molecule has 1 saturated heterocycles. The van der Waals surface area contributed by atoms with Crippen LogP contribution in [0.15, 0.2) is 88.9 Å². The van der Waals surface area contributed by atoms with E-state index in [1.807, 2.05) is 64.1 Å². The zero-order chi connectivity index (χ0) is 28.4. The third-order valence-corrected chi connectivity index (χ3v) is 10.4. The highest BCUT2D eigenvalue weighted by Gasteiger charge is 2.29. The minimum Gasteiger partial charge on any atom is -0.379 e. The number of rotatable bonds is 8. The molecule has 4 aromatic rings. The Balaban J connectivity index is 1.32. The first-order valence-corrected chi connectivity index (χ1v) is 16.1. The summed E-state index contributed by atoms with van der Waals surface area (Å²) < 4.78 is 35.6. The Labute approximate surface area is 244 Å². The maximum absolute atomic E-state index is 13.4. The van der Waals surface area contributed by atoms with Crippen molar-refractivity contribution >= 4 is 33.4 Å². The zero-order valence-electron chi connectivity index (χ0n) is 22.7. The Morgan fingerprint density at radius 3 is 2.51 bits per heavy atom. The number of anilines is 1. The molecule has 9 nitrogen and oxygen atoms in total. The maximum Gasteiger partial charge on any atom is 0.243 e. The molecule has 0 N–H and O–H groups in total. The van der Waals surface area contributed by atoms with Crippen molar-refractivity contribution in [3.8, 4) is 11.4 Å². The number of hydrogen-bond donors (Lipinski definition) is 0. The van der Waals surface area contributed by atoms with E-state index in [1.54, 1.807) is 18.2 Å². The van der Waals surface area contributed by atoms with Crippen LogP contribution >= 0.6 is 11.8 Å². The monoisotopic (exact) mass is 589 g/mol. The Hall–Kier alpha value is -3.51. The molecule has 41 heavy (non-hydrogen) atoms. The number of aromatic nitrogens is 3. The number of morpholine rings is 1. The van der Waals surface area contributed by atoms with Gasteiger partial charge >= 0.3 is 0 Å². The number of para-hydroxylation sites is 1. The summed E-state index contributed by atoms with van der Waals surface area (Å²) in [4.78, 5) is 15.3. The molecular formula is C30H31N5O4S2. The van der Waals surface area contributed by atoms with E-state index in [2.05, 4.69) is 23.2 Å². The lowest BCUT2D eigenvalue weighted by molar-refractivity contribution is -0.116. The highest BCUT2D eigenvalue weighted by molar-refractivity contribution is 7.99. The van der Waals surface area contributed by atoms with Gasteiger partial charge in [0.2, 0.25) is 15.9 Å². The molecule has 1 aromatic heterocycles. The second-order valence-corrected chi connectivity index (χ2v) is 12.9. The van der Waals surface area contributed by atoms with Gasteiger partial charge in [-0.15, -0.1) is 10.2 Å². The number of sulfonamides is 1. The van der Waals surface area contributed by atoms with Crippen molar-refractivity contribution in [2.45, 2.75) is 29.4 Å². The average Bonchev–Trinajstić information content (AvgIpc) is 3.65. The quantitative estimate of drug-likeness (QED) is 0.284. The van der Waals surface area contributed by atoms with Crippen LogP contribution in [0.25, 0.3) is 11.4 Å². The van der Waals surface area contributed by atoms with Gasteiger partial charge in [-0.25, -0.2) is 8.42 Å².